The van der Waals surface area contributed by atoms with Crippen molar-refractivity contribution in [3.05, 3.63) is 6.33 Å². The molecule has 0 unspecified atom stereocenters. The van der Waals surface area contributed by atoms with Crippen LogP contribution in [0, 0.1) is 0 Å². The molecule has 1 saturated heterocycles. The number of rotatable bonds is 2. The molecule has 0 bridgehead atoms. The Morgan fingerprint density at radius 3 is 2.89 bits per heavy atom. The number of fused-ring (bicyclic) bond motifs is 3. The zero-order valence-electron chi connectivity index (χ0n) is 10.4. The van der Waals surface area contributed by atoms with E-state index in [4.69, 9.17) is 4.98 Å². The van der Waals surface area contributed by atoms with Crippen LogP contribution < -0.4 is 4.90 Å². The second kappa shape index (κ2) is 4.47. The van der Waals surface area contributed by atoms with Crippen LogP contribution in [0.4, 0.5) is 4.69 Å². The normalized spacial score (nSPS) is 15.9. The van der Waals surface area contributed by atoms with Crippen molar-refractivity contribution in [2.45, 2.75) is 18.0 Å². The number of thioether (sulfide) groups is 1. The van der Waals surface area contributed by atoms with Crippen LogP contribution in [0.1, 0.15) is 12.8 Å². The average molecular weight is 339 g/mol. The number of anilines is 1. The topological polar surface area (TPSA) is 59.2 Å². The van der Waals surface area contributed by atoms with Gasteiger partial charge in [-0.1, -0.05) is 0 Å². The van der Waals surface area contributed by atoms with E-state index < -0.39 is 0 Å². The molecule has 8 heteroatoms. The van der Waals surface area contributed by atoms with E-state index in [-0.39, 0.29) is 14.5 Å². The summed E-state index contributed by atoms with van der Waals surface area (Å²) in [6.07, 6.45) is 6.25. The molecular weight excluding hydrogens is 327 g/mol. The molecule has 0 radical (unpaired) electrons. The van der Waals surface area contributed by atoms with Crippen molar-refractivity contribution >= 4 is 46.5 Å². The molecular formula is C11H12N6SSe. The summed E-state index contributed by atoms with van der Waals surface area (Å²) in [6.45, 7) is 2.27. The molecule has 1 fully saturated rings. The van der Waals surface area contributed by atoms with Crippen LogP contribution in [-0.4, -0.2) is 58.4 Å². The number of hydrogen-bond acceptors (Lipinski definition) is 6. The monoisotopic (exact) mass is 340 g/mol. The molecule has 0 aromatic carbocycles. The van der Waals surface area contributed by atoms with Crippen LogP contribution in [0.3, 0.4) is 0 Å². The van der Waals surface area contributed by atoms with E-state index >= 15 is 0 Å². The van der Waals surface area contributed by atoms with Gasteiger partial charge in [0.25, 0.3) is 0 Å². The minimum absolute atomic E-state index is 0.206. The van der Waals surface area contributed by atoms with Gasteiger partial charge >= 0.3 is 120 Å². The van der Waals surface area contributed by atoms with Crippen LogP contribution in [-0.2, 0) is 0 Å². The van der Waals surface area contributed by atoms with Gasteiger partial charge in [0, 0.05) is 0 Å². The van der Waals surface area contributed by atoms with E-state index in [0.717, 1.165) is 29.5 Å². The Kier molecular flexibility index (Phi) is 2.75. The molecule has 0 aliphatic carbocycles. The first kappa shape index (κ1) is 11.7. The summed E-state index contributed by atoms with van der Waals surface area (Å²) in [5, 5.41) is 5.17. The fraction of sp³-hybridized carbons (Fsp3) is 0.455. The van der Waals surface area contributed by atoms with E-state index in [1.54, 1.807) is 22.6 Å². The Labute approximate surface area is 120 Å². The third-order valence-corrected chi connectivity index (χ3v) is 6.11. The van der Waals surface area contributed by atoms with Crippen molar-refractivity contribution in [3.63, 3.8) is 0 Å². The first-order chi connectivity index (χ1) is 9.35. The summed E-state index contributed by atoms with van der Waals surface area (Å²) in [5.74, 6) is 0. The maximum absolute atomic E-state index is 4.69. The Morgan fingerprint density at radius 1 is 1.26 bits per heavy atom. The zero-order chi connectivity index (χ0) is 12.8. The molecule has 0 spiro atoms. The Morgan fingerprint density at radius 2 is 2.11 bits per heavy atom. The van der Waals surface area contributed by atoms with Crippen LogP contribution >= 0.6 is 11.8 Å². The second-order valence-corrected chi connectivity index (χ2v) is 7.28. The molecule has 0 amide bonds. The Hall–Kier alpha value is -1.11. The van der Waals surface area contributed by atoms with Gasteiger partial charge in [-0.15, -0.1) is 0 Å². The summed E-state index contributed by atoms with van der Waals surface area (Å²) in [5.41, 5.74) is 1.77. The van der Waals surface area contributed by atoms with Crippen molar-refractivity contribution in [2.75, 3.05) is 24.2 Å². The average Bonchev–Trinajstić information content (AvgIpc) is 3.15. The van der Waals surface area contributed by atoms with Gasteiger partial charge in [-0.05, 0) is 0 Å². The summed E-state index contributed by atoms with van der Waals surface area (Å²) < 4.78 is 4.15. The van der Waals surface area contributed by atoms with Crippen LogP contribution in [0.15, 0.2) is 11.5 Å². The number of nitrogens with zero attached hydrogens (tertiary/aromatic N) is 6. The van der Waals surface area contributed by atoms with Gasteiger partial charge in [0.2, 0.25) is 0 Å². The molecule has 19 heavy (non-hydrogen) atoms. The van der Waals surface area contributed by atoms with Crippen LogP contribution in [0.2, 0.25) is 0 Å². The molecule has 3 aromatic heterocycles. The standard InChI is InChI=1S/C11H12N6SSe/c1-18-10-14-9-7-8(12-6-17(9)15-10)13-11(19-7)16-4-2-3-5-16/h6H,2-5H2,1H3. The predicted octanol–water partition coefficient (Wildman–Crippen LogP) is 1.05. The fourth-order valence-corrected chi connectivity index (χ4v) is 4.86. The third-order valence-electron chi connectivity index (χ3n) is 3.26. The van der Waals surface area contributed by atoms with Gasteiger partial charge in [-0.2, -0.15) is 0 Å². The van der Waals surface area contributed by atoms with Gasteiger partial charge in [0.05, 0.1) is 0 Å². The molecule has 1 aliphatic heterocycles. The second-order valence-electron chi connectivity index (χ2n) is 4.45. The maximum atomic E-state index is 4.69. The molecule has 1 aliphatic rings. The van der Waals surface area contributed by atoms with Gasteiger partial charge in [-0.25, -0.2) is 0 Å². The van der Waals surface area contributed by atoms with Crippen molar-refractivity contribution in [1.82, 2.24) is 24.6 Å². The molecule has 98 valence electrons. The Balaban J connectivity index is 1.91. The molecule has 0 saturated carbocycles. The first-order valence-electron chi connectivity index (χ1n) is 6.16. The fourth-order valence-electron chi connectivity index (χ4n) is 2.31. The van der Waals surface area contributed by atoms with Gasteiger partial charge in [0.1, 0.15) is 0 Å². The van der Waals surface area contributed by atoms with Crippen molar-refractivity contribution in [1.29, 1.82) is 0 Å². The Bertz CT molecular complexity index is 744. The molecule has 6 nitrogen and oxygen atoms in total. The third kappa shape index (κ3) is 1.86. The van der Waals surface area contributed by atoms with Gasteiger partial charge in [0.15, 0.2) is 0 Å². The first-order valence-corrected chi connectivity index (χ1v) is 9.10. The SMILES string of the molecule is CSc1nc2c3[se]c(N4CCCC4)nc3ncn2n1. The predicted molar refractivity (Wildman–Crippen MR) is 76.3 cm³/mol. The van der Waals surface area contributed by atoms with E-state index in [2.05, 4.69) is 20.0 Å². The summed E-state index contributed by atoms with van der Waals surface area (Å²) in [4.78, 5) is 16.1. The van der Waals surface area contributed by atoms with E-state index in [1.165, 1.54) is 21.8 Å². The molecule has 0 N–H and O–H groups in total. The van der Waals surface area contributed by atoms with Gasteiger partial charge in [-0.3, -0.25) is 0 Å². The van der Waals surface area contributed by atoms with E-state index in [1.807, 2.05) is 6.26 Å². The van der Waals surface area contributed by atoms with Crippen molar-refractivity contribution < 1.29 is 0 Å². The quantitative estimate of drug-likeness (QED) is 0.514. The van der Waals surface area contributed by atoms with Crippen LogP contribution in [0.5, 0.6) is 0 Å². The van der Waals surface area contributed by atoms with Crippen molar-refractivity contribution in [3.8, 4) is 0 Å². The van der Waals surface area contributed by atoms with E-state index in [9.17, 15) is 0 Å². The summed E-state index contributed by atoms with van der Waals surface area (Å²) in [6, 6.07) is 0. The molecule has 3 aromatic rings. The summed E-state index contributed by atoms with van der Waals surface area (Å²) >= 11 is 1.76. The number of hydrogen-bond donors (Lipinski definition) is 0. The molecule has 0 atom stereocenters. The summed E-state index contributed by atoms with van der Waals surface area (Å²) in [7, 11) is 0. The molecule has 4 heterocycles. The van der Waals surface area contributed by atoms with E-state index in [0.29, 0.717) is 0 Å². The molecule has 4 rings (SSSR count). The van der Waals surface area contributed by atoms with Gasteiger partial charge < -0.3 is 0 Å². The van der Waals surface area contributed by atoms with Crippen molar-refractivity contribution in [2.24, 2.45) is 0 Å². The van der Waals surface area contributed by atoms with Crippen LogP contribution in [0.25, 0.3) is 15.6 Å². The number of aromatic nitrogens is 5. The minimum atomic E-state index is 0.206. The zero-order valence-corrected chi connectivity index (χ0v) is 12.9.